The predicted octanol–water partition coefficient (Wildman–Crippen LogP) is 6.59. The molecule has 2 amide bonds. The molecule has 2 saturated carbocycles. The number of imide groups is 1. The molecule has 5 rings (SSSR count). The summed E-state index contributed by atoms with van der Waals surface area (Å²) in [5, 5.41) is 10.6. The molecule has 5 atom stereocenters. The van der Waals surface area contributed by atoms with Crippen molar-refractivity contribution in [3.05, 3.63) is 51.4 Å². The Kier molecular flexibility index (Phi) is 5.33. The van der Waals surface area contributed by atoms with Crippen molar-refractivity contribution in [2.45, 2.75) is 59.8 Å². The molecule has 5 heteroatoms. The summed E-state index contributed by atoms with van der Waals surface area (Å²) < 4.78 is 0. The lowest BCUT2D eigenvalue weighted by atomic mass is 9.81. The maximum Gasteiger partial charge on any atom is 0.239 e. The van der Waals surface area contributed by atoms with Crippen LogP contribution in [0, 0.1) is 41.9 Å². The first-order valence-electron chi connectivity index (χ1n) is 12.0. The summed E-state index contributed by atoms with van der Waals surface area (Å²) in [7, 11) is 0. The molecule has 1 aromatic heterocycles. The molecule has 1 saturated heterocycles. The molecule has 1 aliphatic heterocycles. The Morgan fingerprint density at radius 2 is 1.70 bits per heavy atom. The van der Waals surface area contributed by atoms with Gasteiger partial charge in [-0.25, -0.2) is 4.90 Å². The van der Waals surface area contributed by atoms with Gasteiger partial charge in [0.2, 0.25) is 11.8 Å². The summed E-state index contributed by atoms with van der Waals surface area (Å²) in [4.78, 5) is 29.6. The van der Waals surface area contributed by atoms with Gasteiger partial charge in [0.25, 0.3) is 0 Å². The Balaban J connectivity index is 1.55. The van der Waals surface area contributed by atoms with Crippen LogP contribution in [-0.4, -0.2) is 11.8 Å². The fraction of sp³-hybridized carbons (Fsp3) is 0.464. The van der Waals surface area contributed by atoms with Crippen molar-refractivity contribution < 1.29 is 9.59 Å². The molecule has 2 aromatic rings. The van der Waals surface area contributed by atoms with Gasteiger partial charge in [0, 0.05) is 10.4 Å². The number of thiophene rings is 1. The number of benzene rings is 1. The third kappa shape index (κ3) is 3.07. The van der Waals surface area contributed by atoms with E-state index in [1.54, 1.807) is 0 Å². The monoisotopic (exact) mass is 458 g/mol. The zero-order valence-corrected chi connectivity index (χ0v) is 20.8. The van der Waals surface area contributed by atoms with E-state index in [0.29, 0.717) is 16.5 Å². The van der Waals surface area contributed by atoms with E-state index < -0.39 is 0 Å². The van der Waals surface area contributed by atoms with Crippen molar-refractivity contribution in [3.8, 4) is 17.2 Å². The number of hydrogen-bond donors (Lipinski definition) is 0. The molecule has 2 heterocycles. The summed E-state index contributed by atoms with van der Waals surface area (Å²) >= 11 is 1.40. The fourth-order valence-electron chi connectivity index (χ4n) is 6.54. The van der Waals surface area contributed by atoms with Crippen LogP contribution < -0.4 is 4.90 Å². The van der Waals surface area contributed by atoms with Crippen molar-refractivity contribution in [1.82, 2.24) is 0 Å². The van der Waals surface area contributed by atoms with Crippen LogP contribution in [-0.2, 0) is 9.59 Å². The Morgan fingerprint density at radius 3 is 2.18 bits per heavy atom. The summed E-state index contributed by atoms with van der Waals surface area (Å²) in [5.41, 5.74) is 6.14. The molecule has 0 radical (unpaired) electrons. The van der Waals surface area contributed by atoms with Gasteiger partial charge in [-0.1, -0.05) is 49.3 Å². The molecule has 170 valence electrons. The third-order valence-electron chi connectivity index (χ3n) is 8.19. The van der Waals surface area contributed by atoms with Crippen LogP contribution in [0.5, 0.6) is 0 Å². The summed E-state index contributed by atoms with van der Waals surface area (Å²) in [6, 6.07) is 10.7. The van der Waals surface area contributed by atoms with Crippen LogP contribution in [0.1, 0.15) is 68.9 Å². The lowest BCUT2D eigenvalue weighted by Gasteiger charge is -2.18. The number of allylic oxidation sites excluding steroid dienone is 2. The Morgan fingerprint density at radius 1 is 1.12 bits per heavy atom. The topological polar surface area (TPSA) is 61.2 Å². The minimum atomic E-state index is -0.256. The highest BCUT2D eigenvalue weighted by molar-refractivity contribution is 7.17. The molecular weight excluding hydrogens is 428 g/mol. The van der Waals surface area contributed by atoms with Gasteiger partial charge in [0.1, 0.15) is 11.1 Å². The summed E-state index contributed by atoms with van der Waals surface area (Å²) in [5.74, 6) is 0.131. The van der Waals surface area contributed by atoms with E-state index in [9.17, 15) is 14.9 Å². The zero-order valence-electron chi connectivity index (χ0n) is 19.9. The maximum absolute atomic E-state index is 13.6. The summed E-state index contributed by atoms with van der Waals surface area (Å²) in [6.07, 6.45) is 3.05. The van der Waals surface area contributed by atoms with Crippen LogP contribution in [0.25, 0.3) is 11.1 Å². The highest BCUT2D eigenvalue weighted by Crippen LogP contribution is 2.61. The number of amides is 2. The Bertz CT molecular complexity index is 1190. The van der Waals surface area contributed by atoms with Crippen LogP contribution >= 0.6 is 11.3 Å². The van der Waals surface area contributed by atoms with Crippen molar-refractivity contribution in [2.75, 3.05) is 4.90 Å². The molecule has 1 aromatic carbocycles. The first-order chi connectivity index (χ1) is 15.8. The molecule has 33 heavy (non-hydrogen) atoms. The first kappa shape index (κ1) is 22.1. The van der Waals surface area contributed by atoms with E-state index in [1.807, 2.05) is 6.92 Å². The van der Waals surface area contributed by atoms with E-state index >= 15 is 0 Å². The molecular formula is C28H30N2O2S. The molecule has 0 spiro atoms. The molecule has 0 N–H and O–H groups in total. The number of aryl methyl sites for hydroxylation is 1. The van der Waals surface area contributed by atoms with E-state index in [0.717, 1.165) is 35.3 Å². The van der Waals surface area contributed by atoms with E-state index in [1.165, 1.54) is 32.9 Å². The van der Waals surface area contributed by atoms with Gasteiger partial charge in [-0.2, -0.15) is 5.26 Å². The summed E-state index contributed by atoms with van der Waals surface area (Å²) in [6.45, 7) is 10.6. The standard InChI is InChI=1S/C28H30N2O2S/c1-6-15(4)17-7-9-18(10-8-17)23-16(5)33-28(21(23)13-29)30-26(31)24-19-11-12-20(22(19)14(2)3)25(24)27(30)32/h7-10,15,19-20,24-25H,6,11-12H2,1-5H3/t15-,19-,20-,24-,25-/m0/s1. The van der Waals surface area contributed by atoms with Crippen molar-refractivity contribution in [1.29, 1.82) is 5.26 Å². The van der Waals surface area contributed by atoms with Crippen molar-refractivity contribution >= 4 is 28.2 Å². The molecule has 3 fully saturated rings. The van der Waals surface area contributed by atoms with Crippen LogP contribution in [0.15, 0.2) is 35.4 Å². The van der Waals surface area contributed by atoms with E-state index in [4.69, 9.17) is 0 Å². The van der Waals surface area contributed by atoms with Crippen LogP contribution in [0.2, 0.25) is 0 Å². The number of carbonyl (C=O) groups is 2. The second-order valence-corrected chi connectivity index (χ2v) is 11.3. The number of rotatable bonds is 4. The maximum atomic E-state index is 13.6. The second kappa shape index (κ2) is 7.95. The fourth-order valence-corrected chi connectivity index (χ4v) is 7.68. The van der Waals surface area contributed by atoms with Crippen LogP contribution in [0.4, 0.5) is 5.00 Å². The minimum absolute atomic E-state index is 0.104. The number of anilines is 1. The number of fused-ring (bicyclic) bond motifs is 5. The lowest BCUT2D eigenvalue weighted by molar-refractivity contribution is -0.122. The number of nitrogens with zero attached hydrogens (tertiary/aromatic N) is 2. The normalized spacial score (nSPS) is 26.7. The average Bonchev–Trinajstić information content (AvgIpc) is 3.52. The number of nitriles is 1. The molecule has 3 aliphatic rings. The highest BCUT2D eigenvalue weighted by atomic mass is 32.1. The third-order valence-corrected chi connectivity index (χ3v) is 9.28. The van der Waals surface area contributed by atoms with Crippen molar-refractivity contribution in [3.63, 3.8) is 0 Å². The minimum Gasteiger partial charge on any atom is -0.274 e. The molecule has 0 unspecified atom stereocenters. The SMILES string of the molecule is CC[C@H](C)c1ccc(-c2c(C)sc(N3C(=O)[C@@H]4[C@@H](C3=O)[C@H]3CC[C@H]4C3=C(C)C)c2C#N)cc1. The zero-order chi connectivity index (χ0) is 23.6. The molecule has 4 nitrogen and oxygen atoms in total. The van der Waals surface area contributed by atoms with E-state index in [2.05, 4.69) is 58.0 Å². The van der Waals surface area contributed by atoms with Crippen molar-refractivity contribution in [2.24, 2.45) is 23.7 Å². The van der Waals surface area contributed by atoms with Crippen LogP contribution in [0.3, 0.4) is 0 Å². The number of carbonyl (C=O) groups excluding carboxylic acids is 2. The van der Waals surface area contributed by atoms with Gasteiger partial charge in [-0.3, -0.25) is 9.59 Å². The largest absolute Gasteiger partial charge is 0.274 e. The van der Waals surface area contributed by atoms with Gasteiger partial charge >= 0.3 is 0 Å². The lowest BCUT2D eigenvalue weighted by Crippen LogP contribution is -2.33. The highest BCUT2D eigenvalue weighted by Gasteiger charge is 2.64. The second-order valence-electron chi connectivity index (χ2n) is 10.1. The molecule has 2 bridgehead atoms. The average molecular weight is 459 g/mol. The smallest absolute Gasteiger partial charge is 0.239 e. The van der Waals surface area contributed by atoms with Gasteiger partial charge in [-0.15, -0.1) is 11.3 Å². The van der Waals surface area contributed by atoms with E-state index in [-0.39, 0.29) is 35.5 Å². The molecule has 2 aliphatic carbocycles. The van der Waals surface area contributed by atoms with Gasteiger partial charge in [-0.05, 0) is 68.9 Å². The number of hydrogen-bond acceptors (Lipinski definition) is 4. The predicted molar refractivity (Wildman–Crippen MR) is 132 cm³/mol. The Labute approximate surface area is 199 Å². The first-order valence-corrected chi connectivity index (χ1v) is 12.8. The van der Waals surface area contributed by atoms with Gasteiger partial charge in [0.05, 0.1) is 17.4 Å². The Hall–Kier alpha value is -2.71. The van der Waals surface area contributed by atoms with Gasteiger partial charge in [0.15, 0.2) is 0 Å². The van der Waals surface area contributed by atoms with Gasteiger partial charge < -0.3 is 0 Å². The quantitative estimate of drug-likeness (QED) is 0.383.